The molecular weight excluding hydrogens is 314 g/mol. The summed E-state index contributed by atoms with van der Waals surface area (Å²) in [5.41, 5.74) is 0. The number of aliphatic carboxylic acids is 1. The Labute approximate surface area is 126 Å². The first-order valence-corrected chi connectivity index (χ1v) is 8.37. The van der Waals surface area contributed by atoms with Crippen molar-refractivity contribution >= 4 is 27.3 Å². The molecule has 0 aliphatic carbocycles. The third-order valence-corrected chi connectivity index (χ3v) is 6.16. The fourth-order valence-corrected chi connectivity index (χ4v) is 4.46. The monoisotopic (exact) mass is 329 g/mol. The quantitative estimate of drug-likeness (QED) is 0.877. The van der Waals surface area contributed by atoms with Crippen LogP contribution in [0.1, 0.15) is 16.4 Å². The number of nitrogens with zero attached hydrogens (tertiary/aromatic N) is 1. The van der Waals surface area contributed by atoms with Gasteiger partial charge in [0.15, 0.2) is 0 Å². The zero-order valence-electron chi connectivity index (χ0n) is 11.6. The first-order chi connectivity index (χ1) is 9.79. The van der Waals surface area contributed by atoms with E-state index in [2.05, 4.69) is 0 Å². The van der Waals surface area contributed by atoms with E-state index in [-0.39, 0.29) is 17.2 Å². The summed E-state index contributed by atoms with van der Waals surface area (Å²) in [6.07, 6.45) is -0.179. The molecule has 2 rings (SSSR count). The van der Waals surface area contributed by atoms with E-state index in [4.69, 9.17) is 9.52 Å². The van der Waals surface area contributed by atoms with E-state index < -0.39 is 16.0 Å². The summed E-state index contributed by atoms with van der Waals surface area (Å²) in [5.74, 6) is 0.289. The van der Waals surface area contributed by atoms with Crippen molar-refractivity contribution < 1.29 is 22.7 Å². The molecule has 1 N–H and O–H groups in total. The van der Waals surface area contributed by atoms with Gasteiger partial charge < -0.3 is 9.52 Å². The van der Waals surface area contributed by atoms with E-state index in [9.17, 15) is 13.2 Å². The van der Waals surface area contributed by atoms with Gasteiger partial charge in [-0.25, -0.2) is 8.42 Å². The third kappa shape index (κ3) is 3.72. The van der Waals surface area contributed by atoms with Gasteiger partial charge in [-0.1, -0.05) is 0 Å². The van der Waals surface area contributed by atoms with E-state index in [1.807, 2.05) is 0 Å². The molecule has 0 spiro atoms. The molecule has 0 radical (unpaired) electrons. The van der Waals surface area contributed by atoms with Crippen molar-refractivity contribution in [2.75, 3.05) is 7.05 Å². The molecule has 21 heavy (non-hydrogen) atoms. The molecular formula is C13H15NO5S2. The first kappa shape index (κ1) is 15.7. The van der Waals surface area contributed by atoms with Crippen LogP contribution in [-0.2, 0) is 27.8 Å². The fourth-order valence-electron chi connectivity index (χ4n) is 1.77. The molecule has 0 bridgehead atoms. The number of carboxylic acids is 1. The first-order valence-electron chi connectivity index (χ1n) is 6.11. The Bertz CT molecular complexity index is 744. The van der Waals surface area contributed by atoms with Crippen molar-refractivity contribution in [3.05, 3.63) is 40.7 Å². The number of hydrogen-bond donors (Lipinski definition) is 1. The lowest BCUT2D eigenvalue weighted by atomic mass is 10.3. The molecule has 114 valence electrons. The predicted molar refractivity (Wildman–Crippen MR) is 77.8 cm³/mol. The topological polar surface area (TPSA) is 87.8 Å². The zero-order valence-corrected chi connectivity index (χ0v) is 13.2. The lowest BCUT2D eigenvalue weighted by Gasteiger charge is -2.14. The maximum atomic E-state index is 12.4. The minimum Gasteiger partial charge on any atom is -0.481 e. The van der Waals surface area contributed by atoms with Crippen LogP contribution in [0.3, 0.4) is 0 Å². The molecule has 0 atom stereocenters. The van der Waals surface area contributed by atoms with Gasteiger partial charge in [0.1, 0.15) is 15.7 Å². The highest BCUT2D eigenvalue weighted by Crippen LogP contribution is 2.25. The van der Waals surface area contributed by atoms with Crippen LogP contribution < -0.4 is 0 Å². The molecule has 6 nitrogen and oxygen atoms in total. The van der Waals surface area contributed by atoms with Gasteiger partial charge >= 0.3 is 5.97 Å². The van der Waals surface area contributed by atoms with Crippen LogP contribution >= 0.6 is 11.3 Å². The Hall–Kier alpha value is -1.64. The molecule has 2 aromatic heterocycles. The van der Waals surface area contributed by atoms with Crippen molar-refractivity contribution in [2.45, 2.75) is 24.1 Å². The molecule has 0 saturated heterocycles. The van der Waals surface area contributed by atoms with Crippen molar-refractivity contribution in [1.82, 2.24) is 4.31 Å². The molecule has 0 aliphatic heterocycles. The van der Waals surface area contributed by atoms with Gasteiger partial charge in [0.25, 0.3) is 10.0 Å². The third-order valence-electron chi connectivity index (χ3n) is 2.80. The van der Waals surface area contributed by atoms with E-state index in [1.165, 1.54) is 23.5 Å². The minimum atomic E-state index is -3.64. The highest BCUT2D eigenvalue weighted by atomic mass is 32.2. The Kier molecular flexibility index (Phi) is 4.50. The van der Waals surface area contributed by atoms with Crippen molar-refractivity contribution in [3.8, 4) is 0 Å². The number of aryl methyl sites for hydroxylation is 1. The highest BCUT2D eigenvalue weighted by Gasteiger charge is 2.24. The average Bonchev–Trinajstić information content (AvgIpc) is 2.98. The van der Waals surface area contributed by atoms with E-state index in [1.54, 1.807) is 19.1 Å². The molecule has 8 heteroatoms. The Morgan fingerprint density at radius 3 is 2.62 bits per heavy atom. The van der Waals surface area contributed by atoms with Crippen LogP contribution in [-0.4, -0.2) is 30.8 Å². The van der Waals surface area contributed by atoms with Crippen LogP contribution in [0, 0.1) is 6.92 Å². The number of thiophene rings is 1. The van der Waals surface area contributed by atoms with Crippen LogP contribution in [0.25, 0.3) is 0 Å². The number of furan rings is 1. The van der Waals surface area contributed by atoms with E-state index >= 15 is 0 Å². The van der Waals surface area contributed by atoms with Gasteiger partial charge in [-0.05, 0) is 31.2 Å². The molecule has 0 aliphatic rings. The predicted octanol–water partition coefficient (Wildman–Crippen LogP) is 2.10. The van der Waals surface area contributed by atoms with Gasteiger partial charge in [-0.3, -0.25) is 4.79 Å². The molecule has 0 amide bonds. The van der Waals surface area contributed by atoms with Gasteiger partial charge in [0.05, 0.1) is 13.0 Å². The summed E-state index contributed by atoms with van der Waals surface area (Å²) in [7, 11) is -2.18. The zero-order chi connectivity index (χ0) is 15.6. The SMILES string of the molecule is Cc1ccc(CN(C)S(=O)(=O)c2ccc(CC(=O)O)s2)o1. The molecule has 0 fully saturated rings. The minimum absolute atomic E-state index is 0.127. The summed E-state index contributed by atoms with van der Waals surface area (Å²) in [6, 6.07) is 6.45. The molecule has 0 saturated carbocycles. The van der Waals surface area contributed by atoms with Gasteiger partial charge in [-0.2, -0.15) is 4.31 Å². The van der Waals surface area contributed by atoms with Crippen LogP contribution in [0.15, 0.2) is 32.9 Å². The summed E-state index contributed by atoms with van der Waals surface area (Å²) in [4.78, 5) is 11.1. The Balaban J connectivity index is 2.16. The number of carbonyl (C=O) groups is 1. The number of sulfonamides is 1. The number of hydrogen-bond acceptors (Lipinski definition) is 5. The smallest absolute Gasteiger partial charge is 0.308 e. The standard InChI is InChI=1S/C13H15NO5S2/c1-9-3-4-10(19-9)8-14(2)21(17,18)13-6-5-11(20-13)7-12(15)16/h3-6H,7-8H2,1-2H3,(H,15,16). The second-order valence-electron chi connectivity index (χ2n) is 4.56. The van der Waals surface area contributed by atoms with Crippen LogP contribution in [0.4, 0.5) is 0 Å². The van der Waals surface area contributed by atoms with Crippen LogP contribution in [0.5, 0.6) is 0 Å². The van der Waals surface area contributed by atoms with Crippen molar-refractivity contribution in [1.29, 1.82) is 0 Å². The lowest BCUT2D eigenvalue weighted by molar-refractivity contribution is -0.136. The van der Waals surface area contributed by atoms with Gasteiger partial charge in [0, 0.05) is 11.9 Å². The Morgan fingerprint density at radius 2 is 2.05 bits per heavy atom. The van der Waals surface area contributed by atoms with Crippen molar-refractivity contribution in [3.63, 3.8) is 0 Å². The molecule has 0 aromatic carbocycles. The number of rotatable bonds is 6. The maximum Gasteiger partial charge on any atom is 0.308 e. The normalized spacial score (nSPS) is 12.0. The molecule has 2 heterocycles. The summed E-state index contributed by atoms with van der Waals surface area (Å²) in [5, 5.41) is 8.72. The van der Waals surface area contributed by atoms with Gasteiger partial charge in [-0.15, -0.1) is 11.3 Å². The molecule has 2 aromatic rings. The second kappa shape index (κ2) is 6.00. The summed E-state index contributed by atoms with van der Waals surface area (Å²) in [6.45, 7) is 1.91. The second-order valence-corrected chi connectivity index (χ2v) is 8.00. The fraction of sp³-hybridized carbons (Fsp3) is 0.308. The maximum absolute atomic E-state index is 12.4. The van der Waals surface area contributed by atoms with Gasteiger partial charge in [0.2, 0.25) is 0 Å². The van der Waals surface area contributed by atoms with E-state index in [0.717, 1.165) is 17.1 Å². The number of carboxylic acid groups (broad SMARTS) is 1. The average molecular weight is 329 g/mol. The van der Waals surface area contributed by atoms with Crippen molar-refractivity contribution in [2.24, 2.45) is 0 Å². The Morgan fingerprint density at radius 1 is 1.33 bits per heavy atom. The van der Waals surface area contributed by atoms with Crippen LogP contribution in [0.2, 0.25) is 0 Å². The largest absolute Gasteiger partial charge is 0.481 e. The van der Waals surface area contributed by atoms with E-state index in [0.29, 0.717) is 10.6 Å². The molecule has 0 unspecified atom stereocenters. The summed E-state index contributed by atoms with van der Waals surface area (Å²) < 4.78 is 31.5. The summed E-state index contributed by atoms with van der Waals surface area (Å²) >= 11 is 0.971. The lowest BCUT2D eigenvalue weighted by Crippen LogP contribution is -2.25. The highest BCUT2D eigenvalue weighted by molar-refractivity contribution is 7.91.